The van der Waals surface area contributed by atoms with Gasteiger partial charge < -0.3 is 5.32 Å². The molecule has 1 aromatic carbocycles. The number of tetrazole rings is 1. The van der Waals surface area contributed by atoms with Crippen molar-refractivity contribution < 1.29 is 4.79 Å². The highest BCUT2D eigenvalue weighted by Crippen LogP contribution is 2.31. The predicted molar refractivity (Wildman–Crippen MR) is 94.2 cm³/mol. The molecule has 3 aromatic rings. The Morgan fingerprint density at radius 1 is 1.33 bits per heavy atom. The van der Waals surface area contributed by atoms with Gasteiger partial charge in [-0.3, -0.25) is 4.79 Å². The molecular weight excluding hydrogens is 369 g/mol. The van der Waals surface area contributed by atoms with Crippen LogP contribution in [0.4, 0.5) is 0 Å². The van der Waals surface area contributed by atoms with Crippen LogP contribution in [0.15, 0.2) is 36.0 Å². The molecule has 3 rings (SSSR count). The van der Waals surface area contributed by atoms with E-state index in [0.29, 0.717) is 27.2 Å². The van der Waals surface area contributed by atoms with Crippen LogP contribution in [0.3, 0.4) is 0 Å². The molecule has 6 nitrogen and oxygen atoms in total. The largest absolute Gasteiger partial charge is 0.351 e. The summed E-state index contributed by atoms with van der Waals surface area (Å²) >= 11 is 13.8. The normalized spacial score (nSPS) is 12.1. The minimum Gasteiger partial charge on any atom is -0.351 e. The molecule has 2 heterocycles. The van der Waals surface area contributed by atoms with Gasteiger partial charge in [-0.05, 0) is 39.6 Å². The second-order valence-electron chi connectivity index (χ2n) is 5.14. The number of hydrogen-bond donors (Lipinski definition) is 1. The van der Waals surface area contributed by atoms with Gasteiger partial charge in [0.2, 0.25) is 0 Å². The fourth-order valence-corrected chi connectivity index (χ4v) is 3.90. The molecule has 2 aromatic heterocycles. The predicted octanol–water partition coefficient (Wildman–Crippen LogP) is 3.56. The van der Waals surface area contributed by atoms with E-state index < -0.39 is 0 Å². The third kappa shape index (κ3) is 3.43. The standard InChI is InChI=1S/C15H13Cl2N5OS/c1-9(13-10(16)3-2-4-11(13)17)7-18-15(23)14-12(5-6-24-14)22-8-19-20-21-22/h2-6,8-9H,7H2,1H3,(H,18,23). The van der Waals surface area contributed by atoms with E-state index in [4.69, 9.17) is 23.2 Å². The summed E-state index contributed by atoms with van der Waals surface area (Å²) in [5, 5.41) is 16.9. The van der Waals surface area contributed by atoms with E-state index in [1.54, 1.807) is 24.3 Å². The number of thiophene rings is 1. The van der Waals surface area contributed by atoms with Gasteiger partial charge in [0.25, 0.3) is 5.91 Å². The average molecular weight is 382 g/mol. The van der Waals surface area contributed by atoms with Gasteiger partial charge in [-0.25, -0.2) is 0 Å². The second kappa shape index (κ2) is 7.29. The van der Waals surface area contributed by atoms with Crippen molar-refractivity contribution in [1.29, 1.82) is 0 Å². The Labute approximate surface area is 152 Å². The summed E-state index contributed by atoms with van der Waals surface area (Å²) in [6.07, 6.45) is 1.45. The Hall–Kier alpha value is -1.96. The maximum absolute atomic E-state index is 12.5. The van der Waals surface area contributed by atoms with Crippen LogP contribution in [-0.4, -0.2) is 32.7 Å². The summed E-state index contributed by atoms with van der Waals surface area (Å²) in [6, 6.07) is 7.17. The van der Waals surface area contributed by atoms with Crippen molar-refractivity contribution in [2.75, 3.05) is 6.54 Å². The minimum atomic E-state index is -0.189. The smallest absolute Gasteiger partial charge is 0.263 e. The van der Waals surface area contributed by atoms with Crippen LogP contribution in [-0.2, 0) is 0 Å². The fourth-order valence-electron chi connectivity index (χ4n) is 2.33. The van der Waals surface area contributed by atoms with E-state index in [0.717, 1.165) is 5.56 Å². The summed E-state index contributed by atoms with van der Waals surface area (Å²) in [5.41, 5.74) is 1.47. The highest BCUT2D eigenvalue weighted by atomic mass is 35.5. The average Bonchev–Trinajstić information content (AvgIpc) is 3.22. The molecule has 0 saturated heterocycles. The lowest BCUT2D eigenvalue weighted by Gasteiger charge is -2.16. The molecule has 24 heavy (non-hydrogen) atoms. The van der Waals surface area contributed by atoms with Crippen molar-refractivity contribution in [3.63, 3.8) is 0 Å². The Morgan fingerprint density at radius 2 is 2.08 bits per heavy atom. The van der Waals surface area contributed by atoms with Gasteiger partial charge in [0.15, 0.2) is 0 Å². The van der Waals surface area contributed by atoms with Crippen LogP contribution in [0.1, 0.15) is 28.1 Å². The molecule has 0 radical (unpaired) electrons. The van der Waals surface area contributed by atoms with Gasteiger partial charge in [0, 0.05) is 22.5 Å². The summed E-state index contributed by atoms with van der Waals surface area (Å²) < 4.78 is 1.46. The number of hydrogen-bond acceptors (Lipinski definition) is 5. The number of carbonyl (C=O) groups excluding carboxylic acids is 1. The van der Waals surface area contributed by atoms with Crippen molar-refractivity contribution in [2.45, 2.75) is 12.8 Å². The number of halogens is 2. The lowest BCUT2D eigenvalue weighted by atomic mass is 10.0. The van der Waals surface area contributed by atoms with Gasteiger partial charge in [-0.15, -0.1) is 16.4 Å². The molecule has 1 unspecified atom stereocenters. The zero-order chi connectivity index (χ0) is 17.1. The fraction of sp³-hybridized carbons (Fsp3) is 0.200. The van der Waals surface area contributed by atoms with Crippen LogP contribution >= 0.6 is 34.5 Å². The summed E-state index contributed by atoms with van der Waals surface area (Å²) in [6.45, 7) is 2.37. The quantitative estimate of drug-likeness (QED) is 0.732. The molecule has 0 saturated carbocycles. The zero-order valence-corrected chi connectivity index (χ0v) is 14.9. The first-order chi connectivity index (χ1) is 11.6. The first kappa shape index (κ1) is 16.9. The summed E-state index contributed by atoms with van der Waals surface area (Å²) in [4.78, 5) is 13.0. The molecule has 1 atom stereocenters. The van der Waals surface area contributed by atoms with Crippen LogP contribution in [0, 0.1) is 0 Å². The van der Waals surface area contributed by atoms with E-state index in [-0.39, 0.29) is 11.8 Å². The number of rotatable bonds is 5. The molecule has 0 aliphatic rings. The summed E-state index contributed by atoms with van der Waals surface area (Å²) in [5.74, 6) is -0.211. The topological polar surface area (TPSA) is 72.7 Å². The Balaban J connectivity index is 1.72. The maximum atomic E-state index is 12.5. The number of carbonyl (C=O) groups is 1. The monoisotopic (exact) mass is 381 g/mol. The molecule has 124 valence electrons. The SMILES string of the molecule is CC(CNC(=O)c1sccc1-n1cnnn1)c1c(Cl)cccc1Cl. The van der Waals surface area contributed by atoms with Gasteiger partial charge in [0.05, 0.1) is 5.69 Å². The molecule has 1 N–H and O–H groups in total. The second-order valence-corrected chi connectivity index (χ2v) is 6.87. The highest BCUT2D eigenvalue weighted by Gasteiger charge is 2.18. The molecule has 0 bridgehead atoms. The molecule has 0 spiro atoms. The molecule has 9 heteroatoms. The van der Waals surface area contributed by atoms with Gasteiger partial charge in [0.1, 0.15) is 11.2 Å². The molecule has 0 fully saturated rings. The van der Waals surface area contributed by atoms with Crippen LogP contribution in [0.2, 0.25) is 10.0 Å². The first-order valence-electron chi connectivity index (χ1n) is 7.11. The molecular formula is C15H13Cl2N5OS. The van der Waals surface area contributed by atoms with E-state index >= 15 is 0 Å². The van der Waals surface area contributed by atoms with Gasteiger partial charge in [-0.2, -0.15) is 4.68 Å². The number of nitrogens with one attached hydrogen (secondary N) is 1. The Kier molecular flexibility index (Phi) is 5.13. The summed E-state index contributed by atoms with van der Waals surface area (Å²) in [7, 11) is 0. The highest BCUT2D eigenvalue weighted by molar-refractivity contribution is 7.12. The van der Waals surface area contributed by atoms with Crippen LogP contribution in [0.25, 0.3) is 5.69 Å². The van der Waals surface area contributed by atoms with E-state index in [1.807, 2.05) is 12.3 Å². The number of benzene rings is 1. The van der Waals surface area contributed by atoms with Crippen molar-refractivity contribution in [2.24, 2.45) is 0 Å². The lowest BCUT2D eigenvalue weighted by molar-refractivity contribution is 0.0955. The van der Waals surface area contributed by atoms with Crippen LogP contribution in [0.5, 0.6) is 0 Å². The third-order valence-corrected chi connectivity index (χ3v) is 5.07. The molecule has 0 aliphatic heterocycles. The van der Waals surface area contributed by atoms with Crippen molar-refractivity contribution in [3.05, 3.63) is 56.5 Å². The Morgan fingerprint density at radius 3 is 2.75 bits per heavy atom. The third-order valence-electron chi connectivity index (χ3n) is 3.51. The Bertz CT molecular complexity index is 829. The van der Waals surface area contributed by atoms with Crippen molar-refractivity contribution in [3.8, 4) is 5.69 Å². The lowest BCUT2D eigenvalue weighted by Crippen LogP contribution is -2.27. The van der Waals surface area contributed by atoms with Crippen molar-refractivity contribution in [1.82, 2.24) is 25.5 Å². The first-order valence-corrected chi connectivity index (χ1v) is 8.74. The minimum absolute atomic E-state index is 0.0217. The van der Waals surface area contributed by atoms with Crippen molar-refractivity contribution >= 4 is 40.4 Å². The number of aromatic nitrogens is 4. The van der Waals surface area contributed by atoms with Gasteiger partial charge in [-0.1, -0.05) is 36.2 Å². The zero-order valence-electron chi connectivity index (χ0n) is 12.6. The van der Waals surface area contributed by atoms with E-state index in [1.165, 1.54) is 22.3 Å². The van der Waals surface area contributed by atoms with Gasteiger partial charge >= 0.3 is 0 Å². The molecule has 0 aliphatic carbocycles. The van der Waals surface area contributed by atoms with E-state index in [2.05, 4.69) is 20.8 Å². The number of amides is 1. The molecule has 1 amide bonds. The maximum Gasteiger partial charge on any atom is 0.263 e. The number of nitrogens with zero attached hydrogens (tertiary/aromatic N) is 4. The van der Waals surface area contributed by atoms with E-state index in [9.17, 15) is 4.79 Å². The van der Waals surface area contributed by atoms with Crippen LogP contribution < -0.4 is 5.32 Å².